The van der Waals surface area contributed by atoms with Gasteiger partial charge in [-0.05, 0) is 12.8 Å². The highest BCUT2D eigenvalue weighted by molar-refractivity contribution is 5.85. The molecule has 0 fully saturated rings. The number of esters is 2. The Balaban J connectivity index is 3.22. The number of unbranched alkanes of at least 4 members (excludes halogenated alkanes) is 56. The molecule has 0 amide bonds. The Kier molecular flexibility index (Phi) is 60.5. The number of rotatable bonds is 60. The summed E-state index contributed by atoms with van der Waals surface area (Å²) in [5.74, 6) is -0.629. The smallest absolute Gasteiger partial charge is 0.313 e. The molecule has 0 heterocycles. The number of carbonyl (C=O) groups is 2. The SMILES string of the molecule is CCCCCCCCCCCCCCCCCCCCCCCCCCCCCCCC(=O)OC(=O)CCCCCCCCCCCCCCCCCCCCCCCCCCCCCCC. The summed E-state index contributed by atoms with van der Waals surface area (Å²) >= 11 is 0. The van der Waals surface area contributed by atoms with E-state index in [-0.39, 0.29) is 11.9 Å². The van der Waals surface area contributed by atoms with Gasteiger partial charge in [-0.25, -0.2) is 0 Å². The first kappa shape index (κ1) is 66.1. The molecule has 0 aliphatic rings. The van der Waals surface area contributed by atoms with Crippen LogP contribution in [0.5, 0.6) is 0 Å². The van der Waals surface area contributed by atoms with Crippen LogP contribution in [-0.4, -0.2) is 11.9 Å². The lowest BCUT2D eigenvalue weighted by molar-refractivity contribution is -0.159. The summed E-state index contributed by atoms with van der Waals surface area (Å²) in [6.07, 6.45) is 81.5. The Morgan fingerprint density at radius 3 is 0.403 bits per heavy atom. The summed E-state index contributed by atoms with van der Waals surface area (Å²) in [5.41, 5.74) is 0. The van der Waals surface area contributed by atoms with Crippen LogP contribution >= 0.6 is 0 Å². The van der Waals surface area contributed by atoms with E-state index in [4.69, 9.17) is 4.74 Å². The van der Waals surface area contributed by atoms with Crippen LogP contribution < -0.4 is 0 Å². The van der Waals surface area contributed by atoms with Gasteiger partial charge in [0.05, 0.1) is 0 Å². The molecule has 3 heteroatoms. The number of ether oxygens (including phenoxy) is 1. The van der Waals surface area contributed by atoms with Crippen molar-refractivity contribution in [2.75, 3.05) is 0 Å². The molecule has 0 aromatic carbocycles. The Bertz CT molecular complexity index is 841. The van der Waals surface area contributed by atoms with E-state index in [0.717, 1.165) is 25.7 Å². The largest absolute Gasteiger partial charge is 0.393 e. The Morgan fingerprint density at radius 1 is 0.179 bits per heavy atom. The molecule has 0 N–H and O–H groups in total. The first-order chi connectivity index (χ1) is 33.2. The highest BCUT2D eigenvalue weighted by Crippen LogP contribution is 2.19. The standard InChI is InChI=1S/C64H126O3/c1-3-5-7-9-11-13-15-17-19-21-23-25-27-29-31-33-35-37-39-41-43-45-47-49-51-53-55-57-59-61-63(65)67-64(66)62-60-58-56-54-52-50-48-46-44-42-40-38-36-34-32-30-28-26-24-22-20-18-16-14-12-10-8-6-4-2/h3-62H2,1-2H3. The molecule has 0 rings (SSSR count). The molecule has 0 saturated carbocycles. The van der Waals surface area contributed by atoms with Gasteiger partial charge < -0.3 is 4.74 Å². The van der Waals surface area contributed by atoms with E-state index in [0.29, 0.717) is 12.8 Å². The van der Waals surface area contributed by atoms with Crippen LogP contribution in [-0.2, 0) is 14.3 Å². The van der Waals surface area contributed by atoms with Crippen molar-refractivity contribution in [3.8, 4) is 0 Å². The third kappa shape index (κ3) is 61.2. The molecule has 0 aliphatic carbocycles. The monoisotopic (exact) mass is 943 g/mol. The molecule has 0 aliphatic heterocycles. The van der Waals surface area contributed by atoms with Crippen molar-refractivity contribution in [2.24, 2.45) is 0 Å². The van der Waals surface area contributed by atoms with E-state index >= 15 is 0 Å². The van der Waals surface area contributed by atoms with Crippen molar-refractivity contribution >= 4 is 11.9 Å². The van der Waals surface area contributed by atoms with Crippen molar-refractivity contribution in [3.05, 3.63) is 0 Å². The summed E-state index contributed by atoms with van der Waals surface area (Å²) in [6, 6.07) is 0. The van der Waals surface area contributed by atoms with E-state index < -0.39 is 0 Å². The summed E-state index contributed by atoms with van der Waals surface area (Å²) in [5, 5.41) is 0. The van der Waals surface area contributed by atoms with E-state index in [1.807, 2.05) is 0 Å². The Labute approximate surface area is 423 Å². The van der Waals surface area contributed by atoms with Gasteiger partial charge >= 0.3 is 11.9 Å². The second-order valence-corrected chi connectivity index (χ2v) is 22.1. The number of hydrogen-bond acceptors (Lipinski definition) is 3. The highest BCUT2D eigenvalue weighted by atomic mass is 16.6. The molecule has 0 saturated heterocycles. The molecule has 0 radical (unpaired) electrons. The van der Waals surface area contributed by atoms with E-state index in [2.05, 4.69) is 13.8 Å². The van der Waals surface area contributed by atoms with Gasteiger partial charge in [0.15, 0.2) is 0 Å². The zero-order valence-corrected chi connectivity index (χ0v) is 46.7. The average Bonchev–Trinajstić information content (AvgIpc) is 3.33. The maximum absolute atomic E-state index is 12.1. The second-order valence-electron chi connectivity index (χ2n) is 22.1. The summed E-state index contributed by atoms with van der Waals surface area (Å²) in [6.45, 7) is 4.61. The molecule has 3 nitrogen and oxygen atoms in total. The van der Waals surface area contributed by atoms with Crippen molar-refractivity contribution < 1.29 is 14.3 Å². The molecule has 0 atom stereocenters. The maximum atomic E-state index is 12.1. The van der Waals surface area contributed by atoms with Gasteiger partial charge in [-0.2, -0.15) is 0 Å². The molecule has 67 heavy (non-hydrogen) atoms. The second kappa shape index (κ2) is 61.3. The van der Waals surface area contributed by atoms with Crippen LogP contribution in [0.3, 0.4) is 0 Å². The molecule has 0 bridgehead atoms. The van der Waals surface area contributed by atoms with Crippen molar-refractivity contribution in [2.45, 2.75) is 399 Å². The van der Waals surface area contributed by atoms with Crippen LogP contribution in [0.1, 0.15) is 399 Å². The Hall–Kier alpha value is -0.860. The van der Waals surface area contributed by atoms with Gasteiger partial charge in [-0.1, -0.05) is 373 Å². The lowest BCUT2D eigenvalue weighted by atomic mass is 10.0. The molecule has 0 aromatic heterocycles. The van der Waals surface area contributed by atoms with E-state index in [1.54, 1.807) is 0 Å². The van der Waals surface area contributed by atoms with Gasteiger partial charge in [-0.15, -0.1) is 0 Å². The fourth-order valence-electron chi connectivity index (χ4n) is 10.5. The molecular formula is C64H126O3. The van der Waals surface area contributed by atoms with E-state index in [9.17, 15) is 9.59 Å². The van der Waals surface area contributed by atoms with Crippen LogP contribution in [0.25, 0.3) is 0 Å². The molecular weight excluding hydrogens is 817 g/mol. The van der Waals surface area contributed by atoms with Crippen molar-refractivity contribution in [1.29, 1.82) is 0 Å². The summed E-state index contributed by atoms with van der Waals surface area (Å²) in [7, 11) is 0. The van der Waals surface area contributed by atoms with Gasteiger partial charge in [0.2, 0.25) is 0 Å². The molecule has 0 aromatic rings. The van der Waals surface area contributed by atoms with Crippen LogP contribution in [0, 0.1) is 0 Å². The topological polar surface area (TPSA) is 43.4 Å². The Morgan fingerprint density at radius 2 is 0.284 bits per heavy atom. The lowest BCUT2D eigenvalue weighted by Gasteiger charge is -2.05. The van der Waals surface area contributed by atoms with Crippen LogP contribution in [0.4, 0.5) is 0 Å². The molecule has 400 valence electrons. The fourth-order valence-corrected chi connectivity index (χ4v) is 10.5. The zero-order chi connectivity index (χ0) is 48.3. The summed E-state index contributed by atoms with van der Waals surface area (Å²) < 4.78 is 5.10. The lowest BCUT2D eigenvalue weighted by Crippen LogP contribution is -2.11. The average molecular weight is 944 g/mol. The minimum Gasteiger partial charge on any atom is -0.393 e. The van der Waals surface area contributed by atoms with Crippen LogP contribution in [0.2, 0.25) is 0 Å². The van der Waals surface area contributed by atoms with Crippen molar-refractivity contribution in [1.82, 2.24) is 0 Å². The van der Waals surface area contributed by atoms with Crippen molar-refractivity contribution in [3.63, 3.8) is 0 Å². The highest BCUT2D eigenvalue weighted by Gasteiger charge is 2.10. The zero-order valence-electron chi connectivity index (χ0n) is 46.7. The van der Waals surface area contributed by atoms with Gasteiger partial charge in [-0.3, -0.25) is 9.59 Å². The third-order valence-electron chi connectivity index (χ3n) is 15.2. The number of hydrogen-bond donors (Lipinski definition) is 0. The normalized spacial score (nSPS) is 11.6. The van der Waals surface area contributed by atoms with Crippen LogP contribution in [0.15, 0.2) is 0 Å². The minimum absolute atomic E-state index is 0.314. The first-order valence-electron chi connectivity index (χ1n) is 31.9. The molecule has 0 unspecified atom stereocenters. The van der Waals surface area contributed by atoms with Gasteiger partial charge in [0.25, 0.3) is 0 Å². The quantitative estimate of drug-likeness (QED) is 0.0347. The first-order valence-corrected chi connectivity index (χ1v) is 31.9. The molecule has 0 spiro atoms. The predicted molar refractivity (Wildman–Crippen MR) is 299 cm³/mol. The van der Waals surface area contributed by atoms with E-state index in [1.165, 1.54) is 347 Å². The fraction of sp³-hybridized carbons (Fsp3) is 0.969. The van der Waals surface area contributed by atoms with Gasteiger partial charge in [0.1, 0.15) is 0 Å². The maximum Gasteiger partial charge on any atom is 0.313 e. The summed E-state index contributed by atoms with van der Waals surface area (Å²) in [4.78, 5) is 24.3. The minimum atomic E-state index is -0.314. The number of carbonyl (C=O) groups excluding carboxylic acids is 2. The third-order valence-corrected chi connectivity index (χ3v) is 15.2. The predicted octanol–water partition coefficient (Wildman–Crippen LogP) is 23.5. The van der Waals surface area contributed by atoms with Gasteiger partial charge in [0, 0.05) is 12.8 Å².